The highest BCUT2D eigenvalue weighted by Crippen LogP contribution is 2.34. The maximum absolute atomic E-state index is 12.2. The van der Waals surface area contributed by atoms with Crippen molar-refractivity contribution < 1.29 is 19.0 Å². The molecule has 1 aliphatic heterocycles. The van der Waals surface area contributed by atoms with Crippen molar-refractivity contribution in [2.75, 3.05) is 27.4 Å². The van der Waals surface area contributed by atoms with Gasteiger partial charge in [-0.2, -0.15) is 5.26 Å². The van der Waals surface area contributed by atoms with Crippen molar-refractivity contribution >= 4 is 5.78 Å². The molecule has 18 heavy (non-hydrogen) atoms. The molecule has 0 saturated carbocycles. The zero-order valence-electron chi connectivity index (χ0n) is 10.2. The summed E-state index contributed by atoms with van der Waals surface area (Å²) in [6.45, 7) is 0.299. The Kier molecular flexibility index (Phi) is 3.21. The van der Waals surface area contributed by atoms with Gasteiger partial charge in [0.1, 0.15) is 0 Å². The molecule has 0 aliphatic carbocycles. The summed E-state index contributed by atoms with van der Waals surface area (Å²) in [5, 5.41) is 9.09. The van der Waals surface area contributed by atoms with E-state index < -0.39 is 5.41 Å². The molecule has 1 aromatic carbocycles. The minimum atomic E-state index is -1.04. The van der Waals surface area contributed by atoms with Gasteiger partial charge in [-0.1, -0.05) is 0 Å². The van der Waals surface area contributed by atoms with Crippen LogP contribution in [0.3, 0.4) is 0 Å². The van der Waals surface area contributed by atoms with Gasteiger partial charge in [0.2, 0.25) is 0 Å². The molecular weight excluding hydrogens is 234 g/mol. The average Bonchev–Trinajstić information content (AvgIpc) is 2.37. The zero-order valence-corrected chi connectivity index (χ0v) is 10.2. The summed E-state index contributed by atoms with van der Waals surface area (Å²) in [6.07, 6.45) is 0. The molecule has 0 amide bonds. The third-order valence-electron chi connectivity index (χ3n) is 2.99. The van der Waals surface area contributed by atoms with E-state index >= 15 is 0 Å². The van der Waals surface area contributed by atoms with Gasteiger partial charge in [0.25, 0.3) is 0 Å². The fourth-order valence-corrected chi connectivity index (χ4v) is 1.81. The molecule has 0 spiro atoms. The van der Waals surface area contributed by atoms with Crippen molar-refractivity contribution in [3.8, 4) is 17.6 Å². The minimum Gasteiger partial charge on any atom is -0.493 e. The highest BCUT2D eigenvalue weighted by Gasteiger charge is 2.46. The van der Waals surface area contributed by atoms with Crippen molar-refractivity contribution in [1.82, 2.24) is 0 Å². The van der Waals surface area contributed by atoms with Crippen LogP contribution in [-0.2, 0) is 4.74 Å². The number of Topliss-reactive ketones (excluding diaryl/α,β-unsaturated/α-hetero) is 1. The Morgan fingerprint density at radius 1 is 1.33 bits per heavy atom. The number of carbonyl (C=O) groups is 1. The highest BCUT2D eigenvalue weighted by atomic mass is 16.5. The predicted molar refractivity (Wildman–Crippen MR) is 62.7 cm³/mol. The van der Waals surface area contributed by atoms with Gasteiger partial charge in [-0.25, -0.2) is 0 Å². The lowest BCUT2D eigenvalue weighted by atomic mass is 9.80. The van der Waals surface area contributed by atoms with Crippen LogP contribution in [0.1, 0.15) is 10.4 Å². The van der Waals surface area contributed by atoms with Crippen LogP contribution in [0, 0.1) is 16.7 Å². The van der Waals surface area contributed by atoms with E-state index in [9.17, 15) is 4.79 Å². The Morgan fingerprint density at radius 3 is 2.44 bits per heavy atom. The lowest BCUT2D eigenvalue weighted by molar-refractivity contribution is -0.0566. The van der Waals surface area contributed by atoms with Crippen LogP contribution in [0.4, 0.5) is 0 Å². The second-order valence-electron chi connectivity index (χ2n) is 4.09. The van der Waals surface area contributed by atoms with Crippen LogP contribution in [0.2, 0.25) is 0 Å². The van der Waals surface area contributed by atoms with E-state index in [2.05, 4.69) is 0 Å². The normalized spacial score (nSPS) is 16.3. The summed E-state index contributed by atoms with van der Waals surface area (Å²) >= 11 is 0. The van der Waals surface area contributed by atoms with Crippen molar-refractivity contribution in [2.24, 2.45) is 5.41 Å². The largest absolute Gasteiger partial charge is 0.493 e. The van der Waals surface area contributed by atoms with Crippen LogP contribution in [0.5, 0.6) is 11.5 Å². The first-order chi connectivity index (χ1) is 8.66. The minimum absolute atomic E-state index is 0.149. The molecule has 5 nitrogen and oxygen atoms in total. The molecule has 0 atom stereocenters. The predicted octanol–water partition coefficient (Wildman–Crippen LogP) is 1.43. The molecular formula is C13H13NO4. The van der Waals surface area contributed by atoms with E-state index in [1.165, 1.54) is 14.2 Å². The molecule has 1 aliphatic rings. The van der Waals surface area contributed by atoms with Gasteiger partial charge in [-0.3, -0.25) is 4.79 Å². The van der Waals surface area contributed by atoms with Gasteiger partial charge in [0.05, 0.1) is 33.5 Å². The standard InChI is InChI=1S/C13H13NO4/c1-16-10-4-3-9(5-11(10)17-2)12(15)13(6-14)7-18-8-13/h3-5H,7-8H2,1-2H3. The highest BCUT2D eigenvalue weighted by molar-refractivity contribution is 6.03. The maximum Gasteiger partial charge on any atom is 0.187 e. The Bertz CT molecular complexity index is 514. The molecule has 94 valence electrons. The smallest absolute Gasteiger partial charge is 0.187 e. The second-order valence-corrected chi connectivity index (χ2v) is 4.09. The molecule has 1 saturated heterocycles. The zero-order chi connectivity index (χ0) is 13.2. The topological polar surface area (TPSA) is 68.6 Å². The van der Waals surface area contributed by atoms with E-state index in [-0.39, 0.29) is 19.0 Å². The summed E-state index contributed by atoms with van der Waals surface area (Å²) in [5.74, 6) is 0.777. The van der Waals surface area contributed by atoms with E-state index in [4.69, 9.17) is 19.5 Å². The number of nitriles is 1. The van der Waals surface area contributed by atoms with Crippen LogP contribution >= 0.6 is 0 Å². The van der Waals surface area contributed by atoms with Crippen LogP contribution < -0.4 is 9.47 Å². The van der Waals surface area contributed by atoms with Crippen LogP contribution in [0.15, 0.2) is 18.2 Å². The van der Waals surface area contributed by atoms with Crippen LogP contribution in [0.25, 0.3) is 0 Å². The fourth-order valence-electron chi connectivity index (χ4n) is 1.81. The van der Waals surface area contributed by atoms with E-state index in [1.54, 1.807) is 18.2 Å². The number of hydrogen-bond donors (Lipinski definition) is 0. The van der Waals surface area contributed by atoms with Crippen molar-refractivity contribution in [1.29, 1.82) is 5.26 Å². The van der Waals surface area contributed by atoms with E-state index in [0.29, 0.717) is 17.1 Å². The Labute approximate surface area is 105 Å². The Morgan fingerprint density at radius 2 is 2.00 bits per heavy atom. The Hall–Kier alpha value is -2.06. The van der Waals surface area contributed by atoms with Crippen LogP contribution in [-0.4, -0.2) is 33.2 Å². The maximum atomic E-state index is 12.2. The molecule has 5 heteroatoms. The number of hydrogen-bond acceptors (Lipinski definition) is 5. The monoisotopic (exact) mass is 247 g/mol. The third-order valence-corrected chi connectivity index (χ3v) is 2.99. The molecule has 0 radical (unpaired) electrons. The van der Waals surface area contributed by atoms with E-state index in [0.717, 1.165) is 0 Å². The van der Waals surface area contributed by atoms with Gasteiger partial charge in [0, 0.05) is 5.56 Å². The lowest BCUT2D eigenvalue weighted by Crippen LogP contribution is -2.47. The van der Waals surface area contributed by atoms with Gasteiger partial charge in [0.15, 0.2) is 22.7 Å². The summed E-state index contributed by atoms with van der Waals surface area (Å²) in [7, 11) is 3.02. The third kappa shape index (κ3) is 1.81. The number of ketones is 1. The molecule has 1 heterocycles. The first-order valence-corrected chi connectivity index (χ1v) is 5.42. The number of ether oxygens (including phenoxy) is 3. The van der Waals surface area contributed by atoms with Crippen molar-refractivity contribution in [3.63, 3.8) is 0 Å². The van der Waals surface area contributed by atoms with Crippen molar-refractivity contribution in [3.05, 3.63) is 23.8 Å². The Balaban J connectivity index is 2.35. The van der Waals surface area contributed by atoms with Gasteiger partial charge in [-0.05, 0) is 18.2 Å². The summed E-state index contributed by atoms with van der Waals surface area (Å²) in [6, 6.07) is 6.89. The molecule has 2 rings (SSSR count). The quantitative estimate of drug-likeness (QED) is 0.753. The number of carbonyl (C=O) groups excluding carboxylic acids is 1. The summed E-state index contributed by atoms with van der Waals surface area (Å²) in [4.78, 5) is 12.2. The van der Waals surface area contributed by atoms with E-state index in [1.807, 2.05) is 6.07 Å². The second kappa shape index (κ2) is 4.67. The molecule has 0 N–H and O–H groups in total. The molecule has 0 unspecified atom stereocenters. The number of methoxy groups -OCH3 is 2. The molecule has 0 aromatic heterocycles. The lowest BCUT2D eigenvalue weighted by Gasteiger charge is -2.33. The molecule has 1 fully saturated rings. The summed E-state index contributed by atoms with van der Waals surface area (Å²) in [5.41, 5.74) is -0.614. The van der Waals surface area contributed by atoms with Gasteiger partial charge < -0.3 is 14.2 Å². The average molecular weight is 247 g/mol. The first-order valence-electron chi connectivity index (χ1n) is 5.42. The number of nitrogens with zero attached hydrogens (tertiary/aromatic N) is 1. The summed E-state index contributed by atoms with van der Waals surface area (Å²) < 4.78 is 15.2. The van der Waals surface area contributed by atoms with Gasteiger partial charge in [-0.15, -0.1) is 0 Å². The SMILES string of the molecule is COc1ccc(C(=O)C2(C#N)COC2)cc1OC. The molecule has 0 bridgehead atoms. The number of benzene rings is 1. The fraction of sp³-hybridized carbons (Fsp3) is 0.385. The van der Waals surface area contributed by atoms with Gasteiger partial charge >= 0.3 is 0 Å². The first kappa shape index (κ1) is 12.4. The molecule has 1 aromatic rings. The van der Waals surface area contributed by atoms with Crippen molar-refractivity contribution in [2.45, 2.75) is 0 Å². The number of rotatable bonds is 4.